The highest BCUT2D eigenvalue weighted by Gasteiger charge is 2.21. The van der Waals surface area contributed by atoms with Crippen molar-refractivity contribution in [1.82, 2.24) is 20.0 Å². The SMILES string of the molecule is CN1CCN(C(=O)c2ccc(Nc3ccccc3F)nn2)CC1. The molecule has 7 heteroatoms. The Bertz CT molecular complexity index is 683. The van der Waals surface area contributed by atoms with E-state index in [1.165, 1.54) is 6.07 Å². The molecule has 1 aromatic carbocycles. The predicted octanol–water partition coefficient (Wildman–Crippen LogP) is 1.75. The number of hydrogen-bond acceptors (Lipinski definition) is 5. The van der Waals surface area contributed by atoms with E-state index in [0.717, 1.165) is 13.1 Å². The fourth-order valence-corrected chi connectivity index (χ4v) is 2.39. The normalized spacial score (nSPS) is 15.5. The van der Waals surface area contributed by atoms with Crippen LogP contribution < -0.4 is 5.32 Å². The lowest BCUT2D eigenvalue weighted by molar-refractivity contribution is 0.0657. The molecule has 2 aromatic rings. The van der Waals surface area contributed by atoms with Crippen LogP contribution in [0.25, 0.3) is 0 Å². The summed E-state index contributed by atoms with van der Waals surface area (Å²) in [6.45, 7) is 3.08. The van der Waals surface area contributed by atoms with Gasteiger partial charge >= 0.3 is 0 Å². The van der Waals surface area contributed by atoms with E-state index in [4.69, 9.17) is 0 Å². The molecule has 1 N–H and O–H groups in total. The molecule has 1 aliphatic heterocycles. The second kappa shape index (κ2) is 6.70. The molecule has 0 spiro atoms. The second-order valence-electron chi connectivity index (χ2n) is 5.50. The van der Waals surface area contributed by atoms with E-state index in [-0.39, 0.29) is 11.7 Å². The van der Waals surface area contributed by atoms with Crippen LogP contribution >= 0.6 is 0 Å². The van der Waals surface area contributed by atoms with Crippen LogP contribution in [0.4, 0.5) is 15.9 Å². The second-order valence-corrected chi connectivity index (χ2v) is 5.50. The molecule has 1 amide bonds. The highest BCUT2D eigenvalue weighted by molar-refractivity contribution is 5.92. The van der Waals surface area contributed by atoms with E-state index in [2.05, 4.69) is 20.4 Å². The van der Waals surface area contributed by atoms with Gasteiger partial charge in [-0.2, -0.15) is 0 Å². The van der Waals surface area contributed by atoms with Crippen LogP contribution in [-0.4, -0.2) is 59.1 Å². The first kappa shape index (κ1) is 15.4. The minimum Gasteiger partial charge on any atom is -0.336 e. The van der Waals surface area contributed by atoms with Crippen LogP contribution in [0.3, 0.4) is 0 Å². The van der Waals surface area contributed by atoms with Crippen molar-refractivity contribution in [3.05, 3.63) is 47.9 Å². The van der Waals surface area contributed by atoms with Crippen molar-refractivity contribution in [2.75, 3.05) is 38.5 Å². The van der Waals surface area contributed by atoms with E-state index in [1.807, 2.05) is 7.05 Å². The van der Waals surface area contributed by atoms with Gasteiger partial charge in [0.1, 0.15) is 5.82 Å². The van der Waals surface area contributed by atoms with Crippen molar-refractivity contribution in [2.24, 2.45) is 0 Å². The number of carbonyl (C=O) groups is 1. The Labute approximate surface area is 133 Å². The number of nitrogens with one attached hydrogen (secondary N) is 1. The van der Waals surface area contributed by atoms with Gasteiger partial charge in [-0.25, -0.2) is 4.39 Å². The zero-order valence-corrected chi connectivity index (χ0v) is 12.9. The fraction of sp³-hybridized carbons (Fsp3) is 0.312. The van der Waals surface area contributed by atoms with Gasteiger partial charge in [0.2, 0.25) is 0 Å². The lowest BCUT2D eigenvalue weighted by Crippen LogP contribution is -2.47. The number of piperazine rings is 1. The Balaban J connectivity index is 1.67. The van der Waals surface area contributed by atoms with E-state index < -0.39 is 0 Å². The summed E-state index contributed by atoms with van der Waals surface area (Å²) in [4.78, 5) is 16.3. The zero-order valence-electron chi connectivity index (χ0n) is 12.9. The molecule has 1 aromatic heterocycles. The number of halogens is 1. The van der Waals surface area contributed by atoms with Gasteiger partial charge in [-0.1, -0.05) is 12.1 Å². The molecule has 0 unspecified atom stereocenters. The van der Waals surface area contributed by atoms with Crippen molar-refractivity contribution in [3.8, 4) is 0 Å². The largest absolute Gasteiger partial charge is 0.336 e. The average Bonchev–Trinajstić information content (AvgIpc) is 2.58. The maximum Gasteiger partial charge on any atom is 0.274 e. The molecule has 6 nitrogen and oxygen atoms in total. The molecule has 0 bridgehead atoms. The van der Waals surface area contributed by atoms with Gasteiger partial charge in [0.15, 0.2) is 11.5 Å². The van der Waals surface area contributed by atoms with Crippen molar-refractivity contribution in [3.63, 3.8) is 0 Å². The van der Waals surface area contributed by atoms with Crippen LogP contribution in [0, 0.1) is 5.82 Å². The van der Waals surface area contributed by atoms with Crippen molar-refractivity contribution in [2.45, 2.75) is 0 Å². The number of rotatable bonds is 3. The molecular formula is C16H18FN5O. The molecule has 3 rings (SSSR count). The van der Waals surface area contributed by atoms with Crippen LogP contribution in [0.15, 0.2) is 36.4 Å². The first-order valence-electron chi connectivity index (χ1n) is 7.46. The van der Waals surface area contributed by atoms with Crippen molar-refractivity contribution in [1.29, 1.82) is 0 Å². The smallest absolute Gasteiger partial charge is 0.274 e. The first-order valence-corrected chi connectivity index (χ1v) is 7.46. The number of benzene rings is 1. The summed E-state index contributed by atoms with van der Waals surface area (Å²) in [6.07, 6.45) is 0. The molecule has 1 fully saturated rings. The van der Waals surface area contributed by atoms with E-state index in [9.17, 15) is 9.18 Å². The first-order chi connectivity index (χ1) is 11.1. The number of aromatic nitrogens is 2. The van der Waals surface area contributed by atoms with Gasteiger partial charge in [0.25, 0.3) is 5.91 Å². The Morgan fingerprint density at radius 2 is 1.83 bits per heavy atom. The predicted molar refractivity (Wildman–Crippen MR) is 85.1 cm³/mol. The third-order valence-electron chi connectivity index (χ3n) is 3.81. The number of carbonyl (C=O) groups excluding carboxylic acids is 1. The van der Waals surface area contributed by atoms with Crippen LogP contribution in [-0.2, 0) is 0 Å². The molecular weight excluding hydrogens is 297 g/mol. The Hall–Kier alpha value is -2.54. The molecule has 0 aliphatic carbocycles. The molecule has 0 atom stereocenters. The lowest BCUT2D eigenvalue weighted by Gasteiger charge is -2.32. The summed E-state index contributed by atoms with van der Waals surface area (Å²) in [7, 11) is 2.03. The van der Waals surface area contributed by atoms with Crippen molar-refractivity contribution >= 4 is 17.4 Å². The van der Waals surface area contributed by atoms with Crippen molar-refractivity contribution < 1.29 is 9.18 Å². The van der Waals surface area contributed by atoms with Gasteiger partial charge in [-0.15, -0.1) is 10.2 Å². The standard InChI is InChI=1S/C16H18FN5O/c1-21-8-10-22(11-9-21)16(23)14-6-7-15(20-19-14)18-13-5-3-2-4-12(13)17/h2-7H,8-11H2,1H3,(H,18,20). The van der Waals surface area contributed by atoms with Gasteiger partial charge < -0.3 is 15.1 Å². The summed E-state index contributed by atoms with van der Waals surface area (Å²) in [6, 6.07) is 9.55. The van der Waals surface area contributed by atoms with E-state index in [1.54, 1.807) is 35.2 Å². The van der Waals surface area contributed by atoms with Gasteiger partial charge in [0.05, 0.1) is 5.69 Å². The summed E-state index contributed by atoms with van der Waals surface area (Å²) < 4.78 is 13.6. The van der Waals surface area contributed by atoms with Gasteiger partial charge in [-0.3, -0.25) is 4.79 Å². The van der Waals surface area contributed by atoms with Crippen LogP contribution in [0.5, 0.6) is 0 Å². The number of likely N-dealkylation sites (N-methyl/N-ethyl adjacent to an activating group) is 1. The molecule has 23 heavy (non-hydrogen) atoms. The summed E-state index contributed by atoms with van der Waals surface area (Å²) in [5, 5.41) is 10.8. The minimum atomic E-state index is -0.369. The number of amides is 1. The van der Waals surface area contributed by atoms with Crippen LogP contribution in [0.2, 0.25) is 0 Å². The number of hydrogen-bond donors (Lipinski definition) is 1. The topological polar surface area (TPSA) is 61.4 Å². The number of nitrogens with zero attached hydrogens (tertiary/aromatic N) is 4. The van der Waals surface area contributed by atoms with Gasteiger partial charge in [0, 0.05) is 26.2 Å². The molecule has 0 radical (unpaired) electrons. The fourth-order valence-electron chi connectivity index (χ4n) is 2.39. The van der Waals surface area contributed by atoms with Gasteiger partial charge in [-0.05, 0) is 31.3 Å². The number of anilines is 2. The van der Waals surface area contributed by atoms with Crippen LogP contribution in [0.1, 0.15) is 10.5 Å². The minimum absolute atomic E-state index is 0.122. The quantitative estimate of drug-likeness (QED) is 0.935. The molecule has 1 aliphatic rings. The Morgan fingerprint density at radius 1 is 1.09 bits per heavy atom. The molecule has 0 saturated carbocycles. The maximum absolute atomic E-state index is 13.6. The van der Waals surface area contributed by atoms with E-state index in [0.29, 0.717) is 30.3 Å². The average molecular weight is 315 g/mol. The molecule has 1 saturated heterocycles. The maximum atomic E-state index is 13.6. The third kappa shape index (κ3) is 3.62. The summed E-state index contributed by atoms with van der Waals surface area (Å²) in [5.74, 6) is -0.0973. The zero-order chi connectivity index (χ0) is 16.2. The van der Waals surface area contributed by atoms with E-state index >= 15 is 0 Å². The highest BCUT2D eigenvalue weighted by atomic mass is 19.1. The Morgan fingerprint density at radius 3 is 2.48 bits per heavy atom. The lowest BCUT2D eigenvalue weighted by atomic mass is 10.2. The summed E-state index contributed by atoms with van der Waals surface area (Å²) >= 11 is 0. The molecule has 2 heterocycles. The summed E-state index contributed by atoms with van der Waals surface area (Å²) in [5.41, 5.74) is 0.619. The number of para-hydroxylation sites is 1. The highest BCUT2D eigenvalue weighted by Crippen LogP contribution is 2.17. The third-order valence-corrected chi connectivity index (χ3v) is 3.81. The monoisotopic (exact) mass is 315 g/mol. The Kier molecular flexibility index (Phi) is 4.47. The molecule has 120 valence electrons.